The first-order chi connectivity index (χ1) is 17.9. The van der Waals surface area contributed by atoms with Gasteiger partial charge in [-0.1, -0.05) is 73.5 Å². The summed E-state index contributed by atoms with van der Waals surface area (Å²) in [5.74, 6) is 0.824. The van der Waals surface area contributed by atoms with Gasteiger partial charge in [-0.2, -0.15) is 0 Å². The molecule has 0 saturated heterocycles. The van der Waals surface area contributed by atoms with E-state index in [1.165, 1.54) is 0 Å². The number of unbranched alkanes of at least 4 members (excludes halogenated alkanes) is 1. The standard InChI is InChI=1S/C30H35ClN2O4/c1-4-5-17-32-30(35)26(18-22-9-7-6-8-10-22)33(21-23-11-14-25(31)15-12-23)29(34)20-24-13-16-27(36-2)28(19-24)37-3/h6-16,19,26H,4-5,17-18,20-21H2,1-3H3,(H,32,35)/t26-/m1/s1. The summed E-state index contributed by atoms with van der Waals surface area (Å²) in [4.78, 5) is 29.0. The number of nitrogens with one attached hydrogen (secondary N) is 1. The average molecular weight is 523 g/mol. The van der Waals surface area contributed by atoms with Gasteiger partial charge in [-0.3, -0.25) is 9.59 Å². The number of hydrogen-bond donors (Lipinski definition) is 1. The lowest BCUT2D eigenvalue weighted by molar-refractivity contribution is -0.140. The third-order valence-corrected chi connectivity index (χ3v) is 6.42. The number of benzene rings is 3. The van der Waals surface area contributed by atoms with Gasteiger partial charge in [0.2, 0.25) is 11.8 Å². The van der Waals surface area contributed by atoms with Crippen LogP contribution in [0.2, 0.25) is 5.02 Å². The van der Waals surface area contributed by atoms with Crippen LogP contribution in [0.1, 0.15) is 36.5 Å². The summed E-state index contributed by atoms with van der Waals surface area (Å²) >= 11 is 6.10. The van der Waals surface area contributed by atoms with E-state index in [1.807, 2.05) is 48.5 Å². The molecule has 0 radical (unpaired) electrons. The van der Waals surface area contributed by atoms with Gasteiger partial charge in [0.1, 0.15) is 6.04 Å². The van der Waals surface area contributed by atoms with Crippen molar-refractivity contribution in [2.75, 3.05) is 20.8 Å². The van der Waals surface area contributed by atoms with E-state index < -0.39 is 6.04 Å². The Morgan fingerprint density at radius 1 is 0.892 bits per heavy atom. The molecule has 0 heterocycles. The van der Waals surface area contributed by atoms with E-state index in [2.05, 4.69) is 12.2 Å². The molecule has 7 heteroatoms. The maximum atomic E-state index is 13.9. The van der Waals surface area contributed by atoms with Crippen LogP contribution in [-0.2, 0) is 29.0 Å². The minimum absolute atomic E-state index is 0.113. The second kappa shape index (κ2) is 14.3. The first kappa shape index (κ1) is 28.1. The summed E-state index contributed by atoms with van der Waals surface area (Å²) in [6.07, 6.45) is 2.36. The predicted octanol–water partition coefficient (Wildman–Crippen LogP) is 5.46. The zero-order valence-electron chi connectivity index (χ0n) is 21.7. The highest BCUT2D eigenvalue weighted by molar-refractivity contribution is 6.30. The van der Waals surface area contributed by atoms with Crippen molar-refractivity contribution in [1.29, 1.82) is 0 Å². The van der Waals surface area contributed by atoms with E-state index >= 15 is 0 Å². The van der Waals surface area contributed by atoms with E-state index in [-0.39, 0.29) is 24.8 Å². The fourth-order valence-corrected chi connectivity index (χ4v) is 4.24. The van der Waals surface area contributed by atoms with E-state index in [0.717, 1.165) is 29.5 Å². The first-order valence-electron chi connectivity index (χ1n) is 12.5. The van der Waals surface area contributed by atoms with Gasteiger partial charge >= 0.3 is 0 Å². The lowest BCUT2D eigenvalue weighted by Crippen LogP contribution is -2.51. The van der Waals surface area contributed by atoms with E-state index in [9.17, 15) is 9.59 Å². The Balaban J connectivity index is 1.95. The van der Waals surface area contributed by atoms with Crippen molar-refractivity contribution in [2.45, 2.75) is 45.2 Å². The third kappa shape index (κ3) is 8.25. The molecule has 2 amide bonds. The van der Waals surface area contributed by atoms with Crippen molar-refractivity contribution in [3.05, 3.63) is 94.5 Å². The van der Waals surface area contributed by atoms with Crippen LogP contribution in [0.15, 0.2) is 72.8 Å². The summed E-state index contributed by atoms with van der Waals surface area (Å²) in [5, 5.41) is 3.66. The quantitative estimate of drug-likeness (QED) is 0.303. The van der Waals surface area contributed by atoms with Gasteiger partial charge in [0.25, 0.3) is 0 Å². The van der Waals surface area contributed by atoms with Gasteiger partial charge in [0.05, 0.1) is 20.6 Å². The van der Waals surface area contributed by atoms with Crippen molar-refractivity contribution >= 4 is 23.4 Å². The molecule has 1 N–H and O–H groups in total. The average Bonchev–Trinajstić information content (AvgIpc) is 2.92. The molecule has 3 aromatic rings. The maximum absolute atomic E-state index is 13.9. The molecule has 0 bridgehead atoms. The number of methoxy groups -OCH3 is 2. The van der Waals surface area contributed by atoms with Gasteiger partial charge < -0.3 is 19.7 Å². The van der Waals surface area contributed by atoms with E-state index in [1.54, 1.807) is 43.4 Å². The minimum atomic E-state index is -0.678. The molecule has 0 aliphatic rings. The van der Waals surface area contributed by atoms with Crippen LogP contribution in [0.4, 0.5) is 0 Å². The van der Waals surface area contributed by atoms with Crippen LogP contribution < -0.4 is 14.8 Å². The second-order valence-corrected chi connectivity index (χ2v) is 9.30. The fourth-order valence-electron chi connectivity index (χ4n) is 4.11. The van der Waals surface area contributed by atoms with Crippen LogP contribution in [-0.4, -0.2) is 43.5 Å². The zero-order valence-corrected chi connectivity index (χ0v) is 22.5. The van der Waals surface area contributed by atoms with Crippen molar-refractivity contribution in [3.63, 3.8) is 0 Å². The summed E-state index contributed by atoms with van der Waals surface area (Å²) in [7, 11) is 3.13. The number of carbonyl (C=O) groups is 2. The molecule has 3 rings (SSSR count). The topological polar surface area (TPSA) is 67.9 Å². The molecule has 0 aliphatic carbocycles. The SMILES string of the molecule is CCCCNC(=O)[C@@H](Cc1ccccc1)N(Cc1ccc(Cl)cc1)C(=O)Cc1ccc(OC)c(OC)c1. The molecular formula is C30H35ClN2O4. The highest BCUT2D eigenvalue weighted by atomic mass is 35.5. The minimum Gasteiger partial charge on any atom is -0.493 e. The monoisotopic (exact) mass is 522 g/mol. The molecular weight excluding hydrogens is 488 g/mol. The van der Waals surface area contributed by atoms with Crippen molar-refractivity contribution in [2.24, 2.45) is 0 Å². The Hall–Kier alpha value is -3.51. The number of hydrogen-bond acceptors (Lipinski definition) is 4. The van der Waals surface area contributed by atoms with Gasteiger partial charge in [0.15, 0.2) is 11.5 Å². The van der Waals surface area contributed by atoms with Crippen LogP contribution >= 0.6 is 11.6 Å². The van der Waals surface area contributed by atoms with Crippen LogP contribution in [0.3, 0.4) is 0 Å². The van der Waals surface area contributed by atoms with E-state index in [0.29, 0.717) is 29.5 Å². The van der Waals surface area contributed by atoms with Gasteiger partial charge in [-0.25, -0.2) is 0 Å². The Bertz CT molecular complexity index is 1150. The molecule has 196 valence electrons. The predicted molar refractivity (Wildman–Crippen MR) is 147 cm³/mol. The molecule has 37 heavy (non-hydrogen) atoms. The molecule has 3 aromatic carbocycles. The van der Waals surface area contributed by atoms with Gasteiger partial charge in [0, 0.05) is 24.5 Å². The molecule has 0 unspecified atom stereocenters. The molecule has 0 saturated carbocycles. The summed E-state index contributed by atoms with van der Waals surface area (Å²) in [6.45, 7) is 2.92. The molecule has 1 atom stereocenters. The molecule has 0 aromatic heterocycles. The van der Waals surface area contributed by atoms with Crippen LogP contribution in [0.5, 0.6) is 11.5 Å². The number of carbonyl (C=O) groups excluding carboxylic acids is 2. The number of nitrogens with zero attached hydrogens (tertiary/aromatic N) is 1. The molecule has 0 spiro atoms. The molecule has 0 aliphatic heterocycles. The highest BCUT2D eigenvalue weighted by Gasteiger charge is 2.30. The van der Waals surface area contributed by atoms with Crippen LogP contribution in [0.25, 0.3) is 0 Å². The molecule has 0 fully saturated rings. The number of ether oxygens (including phenoxy) is 2. The lowest BCUT2D eigenvalue weighted by Gasteiger charge is -2.32. The zero-order chi connectivity index (χ0) is 26.6. The summed E-state index contributed by atoms with van der Waals surface area (Å²) < 4.78 is 10.7. The largest absolute Gasteiger partial charge is 0.493 e. The maximum Gasteiger partial charge on any atom is 0.243 e. The Kier molecular flexibility index (Phi) is 10.8. The van der Waals surface area contributed by atoms with Crippen LogP contribution in [0, 0.1) is 0 Å². The van der Waals surface area contributed by atoms with Crippen molar-refractivity contribution in [3.8, 4) is 11.5 Å². The first-order valence-corrected chi connectivity index (χ1v) is 12.9. The summed E-state index contributed by atoms with van der Waals surface area (Å²) in [6, 6.07) is 21.9. The normalized spacial score (nSPS) is 11.5. The van der Waals surface area contributed by atoms with Gasteiger partial charge in [-0.05, 0) is 47.4 Å². The Morgan fingerprint density at radius 2 is 1.57 bits per heavy atom. The lowest BCUT2D eigenvalue weighted by atomic mass is 10.0. The van der Waals surface area contributed by atoms with Gasteiger partial charge in [-0.15, -0.1) is 0 Å². The Labute approximate surface area is 224 Å². The number of halogens is 1. The number of amides is 2. The smallest absolute Gasteiger partial charge is 0.243 e. The third-order valence-electron chi connectivity index (χ3n) is 6.17. The Morgan fingerprint density at radius 3 is 2.22 bits per heavy atom. The second-order valence-electron chi connectivity index (χ2n) is 8.86. The highest BCUT2D eigenvalue weighted by Crippen LogP contribution is 2.28. The van der Waals surface area contributed by atoms with E-state index in [4.69, 9.17) is 21.1 Å². The van der Waals surface area contributed by atoms with Crippen molar-refractivity contribution < 1.29 is 19.1 Å². The fraction of sp³-hybridized carbons (Fsp3) is 0.333. The van der Waals surface area contributed by atoms with Crippen molar-refractivity contribution in [1.82, 2.24) is 10.2 Å². The summed E-state index contributed by atoms with van der Waals surface area (Å²) in [5.41, 5.74) is 2.65. The number of rotatable bonds is 13. The molecule has 6 nitrogen and oxygen atoms in total.